The van der Waals surface area contributed by atoms with E-state index in [1.807, 2.05) is 13.8 Å². The van der Waals surface area contributed by atoms with E-state index in [0.29, 0.717) is 5.56 Å². The molecule has 3 nitrogen and oxygen atoms in total. The Morgan fingerprint density at radius 2 is 2.23 bits per heavy atom. The Bertz CT molecular complexity index is 336. The van der Waals surface area contributed by atoms with Crippen LogP contribution in [-0.4, -0.2) is 10.9 Å². The lowest BCUT2D eigenvalue weighted by Gasteiger charge is -2.06. The van der Waals surface area contributed by atoms with Crippen molar-refractivity contribution in [2.45, 2.75) is 19.8 Å². The van der Waals surface area contributed by atoms with Crippen LogP contribution in [-0.2, 0) is 0 Å². The summed E-state index contributed by atoms with van der Waals surface area (Å²) < 4.78 is 13.1. The lowest BCUT2D eigenvalue weighted by Crippen LogP contribution is -2.14. The highest BCUT2D eigenvalue weighted by Gasteiger charge is 2.10. The Morgan fingerprint density at radius 1 is 1.62 bits per heavy atom. The number of rotatable bonds is 2. The molecule has 0 unspecified atom stereocenters. The second-order valence-corrected chi connectivity index (χ2v) is 3.11. The van der Waals surface area contributed by atoms with Crippen LogP contribution in [0.5, 0.6) is 0 Å². The summed E-state index contributed by atoms with van der Waals surface area (Å²) in [7, 11) is 0. The maximum atomic E-state index is 13.1. The van der Waals surface area contributed by atoms with Crippen LogP contribution < -0.4 is 5.73 Å². The number of hydrogen-bond donors (Lipinski definition) is 1. The molecule has 13 heavy (non-hydrogen) atoms. The van der Waals surface area contributed by atoms with Gasteiger partial charge in [0.1, 0.15) is 11.5 Å². The molecule has 0 aliphatic carbocycles. The van der Waals surface area contributed by atoms with Crippen LogP contribution in [0.1, 0.15) is 35.8 Å². The molecule has 0 spiro atoms. The van der Waals surface area contributed by atoms with Gasteiger partial charge in [0.2, 0.25) is 0 Å². The first kappa shape index (κ1) is 9.64. The van der Waals surface area contributed by atoms with E-state index in [9.17, 15) is 9.18 Å². The molecule has 0 saturated heterocycles. The maximum absolute atomic E-state index is 13.1. The Kier molecular flexibility index (Phi) is 2.60. The highest BCUT2D eigenvalue weighted by atomic mass is 19.1. The molecule has 1 amide bonds. The van der Waals surface area contributed by atoms with Gasteiger partial charge in [-0.15, -0.1) is 0 Å². The number of nitrogens with two attached hydrogens (primary N) is 1. The van der Waals surface area contributed by atoms with Crippen molar-refractivity contribution in [3.05, 3.63) is 29.3 Å². The summed E-state index contributed by atoms with van der Waals surface area (Å²) in [5.41, 5.74) is 5.57. The number of carbonyl (C=O) groups excluding carboxylic acids is 1. The van der Waals surface area contributed by atoms with Gasteiger partial charge in [-0.1, -0.05) is 13.8 Å². The van der Waals surface area contributed by atoms with Crippen molar-refractivity contribution < 1.29 is 9.18 Å². The van der Waals surface area contributed by atoms with E-state index in [2.05, 4.69) is 4.98 Å². The molecule has 1 aromatic rings. The van der Waals surface area contributed by atoms with Crippen LogP contribution in [0.4, 0.5) is 4.39 Å². The van der Waals surface area contributed by atoms with E-state index < -0.39 is 11.7 Å². The number of nitrogens with zero attached hydrogens (tertiary/aromatic N) is 1. The number of aromatic nitrogens is 1. The Balaban J connectivity index is 3.19. The van der Waals surface area contributed by atoms with Gasteiger partial charge in [0, 0.05) is 0 Å². The molecule has 4 heteroatoms. The fraction of sp³-hybridized carbons (Fsp3) is 0.333. The van der Waals surface area contributed by atoms with Crippen LogP contribution >= 0.6 is 0 Å². The van der Waals surface area contributed by atoms with Gasteiger partial charge in [-0.3, -0.25) is 4.79 Å². The lowest BCUT2D eigenvalue weighted by atomic mass is 10.0. The van der Waals surface area contributed by atoms with E-state index in [0.717, 1.165) is 6.20 Å². The van der Waals surface area contributed by atoms with E-state index in [-0.39, 0.29) is 11.6 Å². The number of halogens is 1. The van der Waals surface area contributed by atoms with Crippen molar-refractivity contribution in [2.75, 3.05) is 0 Å². The molecule has 0 radical (unpaired) electrons. The summed E-state index contributed by atoms with van der Waals surface area (Å²) in [4.78, 5) is 14.3. The highest BCUT2D eigenvalue weighted by molar-refractivity contribution is 5.90. The molecule has 1 rings (SSSR count). The van der Waals surface area contributed by atoms with Crippen molar-refractivity contribution in [1.82, 2.24) is 4.98 Å². The van der Waals surface area contributed by atoms with E-state index in [1.165, 1.54) is 6.07 Å². The Hall–Kier alpha value is -1.45. The van der Waals surface area contributed by atoms with Crippen LogP contribution in [0.25, 0.3) is 0 Å². The third kappa shape index (κ3) is 2.02. The van der Waals surface area contributed by atoms with E-state index in [4.69, 9.17) is 5.73 Å². The van der Waals surface area contributed by atoms with Crippen molar-refractivity contribution in [3.63, 3.8) is 0 Å². The molecule has 0 fully saturated rings. The predicted molar refractivity (Wildman–Crippen MR) is 46.8 cm³/mol. The minimum atomic E-state index is -0.637. The number of primary amides is 1. The summed E-state index contributed by atoms with van der Waals surface area (Å²) in [6.45, 7) is 3.67. The van der Waals surface area contributed by atoms with E-state index in [1.54, 1.807) is 0 Å². The molecule has 0 bridgehead atoms. The number of amides is 1. The van der Waals surface area contributed by atoms with Gasteiger partial charge in [0.15, 0.2) is 0 Å². The van der Waals surface area contributed by atoms with Gasteiger partial charge in [0.05, 0.1) is 6.20 Å². The molecule has 0 atom stereocenters. The molecule has 70 valence electrons. The third-order valence-corrected chi connectivity index (χ3v) is 1.76. The Labute approximate surface area is 75.8 Å². The van der Waals surface area contributed by atoms with Gasteiger partial charge >= 0.3 is 0 Å². The van der Waals surface area contributed by atoms with Crippen LogP contribution in [0.15, 0.2) is 12.3 Å². The normalized spacial score (nSPS) is 10.5. The monoisotopic (exact) mass is 182 g/mol. The topological polar surface area (TPSA) is 56.0 Å². The van der Waals surface area contributed by atoms with Gasteiger partial charge < -0.3 is 5.73 Å². The number of carbonyl (C=O) groups is 1. The van der Waals surface area contributed by atoms with Crippen molar-refractivity contribution in [1.29, 1.82) is 0 Å². The quantitative estimate of drug-likeness (QED) is 0.752. The van der Waals surface area contributed by atoms with Crippen molar-refractivity contribution >= 4 is 5.91 Å². The van der Waals surface area contributed by atoms with Gasteiger partial charge in [0.25, 0.3) is 5.91 Å². The van der Waals surface area contributed by atoms with Crippen LogP contribution in [0.2, 0.25) is 0 Å². The molecule has 0 aliphatic rings. The lowest BCUT2D eigenvalue weighted by molar-refractivity contribution is 0.0995. The standard InChI is InChI=1S/C9H11FN2O/c1-5(2)6-3-8(9(11)13)12-4-7(6)10/h3-5H,1-2H3,(H2,11,13). The average Bonchev–Trinajstić information content (AvgIpc) is 2.04. The molecule has 0 aromatic carbocycles. The van der Waals surface area contributed by atoms with E-state index >= 15 is 0 Å². The molecule has 2 N–H and O–H groups in total. The zero-order valence-corrected chi connectivity index (χ0v) is 7.54. The second kappa shape index (κ2) is 3.51. The smallest absolute Gasteiger partial charge is 0.267 e. The second-order valence-electron chi connectivity index (χ2n) is 3.11. The molecular weight excluding hydrogens is 171 g/mol. The summed E-state index contributed by atoms with van der Waals surface area (Å²) in [6, 6.07) is 1.39. The minimum absolute atomic E-state index is 0.0149. The minimum Gasteiger partial charge on any atom is -0.364 e. The van der Waals surface area contributed by atoms with Crippen molar-refractivity contribution in [2.24, 2.45) is 5.73 Å². The molecule has 0 aliphatic heterocycles. The summed E-state index contributed by atoms with van der Waals surface area (Å²) in [5, 5.41) is 0. The predicted octanol–water partition coefficient (Wildman–Crippen LogP) is 1.44. The SMILES string of the molecule is CC(C)c1cc(C(N)=O)ncc1F. The van der Waals surface area contributed by atoms with Crippen LogP contribution in [0.3, 0.4) is 0 Å². The van der Waals surface area contributed by atoms with Gasteiger partial charge in [-0.25, -0.2) is 9.37 Å². The molecule has 1 heterocycles. The average molecular weight is 182 g/mol. The van der Waals surface area contributed by atoms with Crippen LogP contribution in [0, 0.1) is 5.82 Å². The van der Waals surface area contributed by atoms with Gasteiger partial charge in [-0.2, -0.15) is 0 Å². The maximum Gasteiger partial charge on any atom is 0.267 e. The molecular formula is C9H11FN2O. The number of hydrogen-bond acceptors (Lipinski definition) is 2. The molecule has 1 aromatic heterocycles. The summed E-state index contributed by atoms with van der Waals surface area (Å²) in [6.07, 6.45) is 1.02. The zero-order chi connectivity index (χ0) is 10.0. The zero-order valence-electron chi connectivity index (χ0n) is 7.54. The largest absolute Gasteiger partial charge is 0.364 e. The first-order chi connectivity index (χ1) is 6.02. The Morgan fingerprint density at radius 3 is 2.69 bits per heavy atom. The first-order valence-electron chi connectivity index (χ1n) is 3.97. The number of pyridine rings is 1. The van der Waals surface area contributed by atoms with Crippen molar-refractivity contribution in [3.8, 4) is 0 Å². The van der Waals surface area contributed by atoms with Gasteiger partial charge in [-0.05, 0) is 17.5 Å². The fourth-order valence-corrected chi connectivity index (χ4v) is 1.03. The fourth-order valence-electron chi connectivity index (χ4n) is 1.03. The molecule has 0 saturated carbocycles. The summed E-state index contributed by atoms with van der Waals surface area (Å²) >= 11 is 0. The summed E-state index contributed by atoms with van der Waals surface area (Å²) in [5.74, 6) is -1.02. The third-order valence-electron chi connectivity index (χ3n) is 1.76. The first-order valence-corrected chi connectivity index (χ1v) is 3.97. The highest BCUT2D eigenvalue weighted by Crippen LogP contribution is 2.17.